The van der Waals surface area contributed by atoms with Crippen LogP contribution >= 0.6 is 0 Å². The molecule has 2 aliphatic rings. The number of benzene rings is 2. The highest BCUT2D eigenvalue weighted by atomic mass is 32.2. The molecule has 0 atom stereocenters. The summed E-state index contributed by atoms with van der Waals surface area (Å²) in [5, 5.41) is 10.5. The molecule has 0 bridgehead atoms. The minimum Gasteiger partial charge on any atom is -0.285 e. The van der Waals surface area contributed by atoms with Gasteiger partial charge in [0, 0.05) is 23.5 Å². The van der Waals surface area contributed by atoms with Crippen molar-refractivity contribution in [2.75, 3.05) is 24.2 Å². The van der Waals surface area contributed by atoms with Crippen LogP contribution in [0.3, 0.4) is 0 Å². The third-order valence-electron chi connectivity index (χ3n) is 4.63. The smallest absolute Gasteiger partial charge is 0.285 e. The number of rotatable bonds is 2. The van der Waals surface area contributed by atoms with Gasteiger partial charge in [0.05, 0.1) is 30.1 Å². The molecule has 3 amide bonds. The van der Waals surface area contributed by atoms with Gasteiger partial charge in [-0.2, -0.15) is 5.26 Å². The Balaban J connectivity index is 1.86. The number of nitriles is 1. The normalized spacial score (nSPS) is 17.2. The standard InChI is InChI=1S/C18H14N4O4S/c1-27(25,26)20-8-9-21-16(11-20)17(23)22(18(21)24)15-7-6-12(10-19)13-4-2-3-5-14(13)15/h2-7,11H,8-9H2,1H3. The van der Waals surface area contributed by atoms with Crippen LogP contribution in [0.25, 0.3) is 10.8 Å². The van der Waals surface area contributed by atoms with Crippen LogP contribution in [0.4, 0.5) is 10.5 Å². The first-order valence-corrected chi connectivity index (χ1v) is 9.94. The first-order chi connectivity index (χ1) is 12.8. The van der Waals surface area contributed by atoms with E-state index in [0.717, 1.165) is 15.5 Å². The first kappa shape index (κ1) is 17.1. The van der Waals surface area contributed by atoms with Crippen LogP contribution < -0.4 is 4.90 Å². The predicted octanol–water partition coefficient (Wildman–Crippen LogP) is 1.60. The van der Waals surface area contributed by atoms with E-state index in [1.54, 1.807) is 36.4 Å². The van der Waals surface area contributed by atoms with Gasteiger partial charge in [0.25, 0.3) is 5.91 Å². The number of nitrogens with zero attached hydrogens (tertiary/aromatic N) is 4. The highest BCUT2D eigenvalue weighted by Crippen LogP contribution is 2.35. The topological polar surface area (TPSA) is 102 Å². The number of amides is 3. The third kappa shape index (κ3) is 2.53. The summed E-state index contributed by atoms with van der Waals surface area (Å²) in [5.41, 5.74) is 0.819. The Morgan fingerprint density at radius 1 is 1.04 bits per heavy atom. The molecule has 8 nitrogen and oxygen atoms in total. The van der Waals surface area contributed by atoms with Gasteiger partial charge in [0.1, 0.15) is 5.70 Å². The molecule has 1 fully saturated rings. The summed E-state index contributed by atoms with van der Waals surface area (Å²) in [4.78, 5) is 28.1. The van der Waals surface area contributed by atoms with Crippen LogP contribution in [0.15, 0.2) is 48.3 Å². The van der Waals surface area contributed by atoms with Crippen molar-refractivity contribution in [2.45, 2.75) is 0 Å². The lowest BCUT2D eigenvalue weighted by Gasteiger charge is -2.27. The molecule has 2 heterocycles. The summed E-state index contributed by atoms with van der Waals surface area (Å²) in [7, 11) is -3.52. The van der Waals surface area contributed by atoms with E-state index in [-0.39, 0.29) is 18.8 Å². The molecule has 1 saturated heterocycles. The number of sulfonamides is 1. The van der Waals surface area contributed by atoms with Crippen molar-refractivity contribution in [2.24, 2.45) is 0 Å². The van der Waals surface area contributed by atoms with E-state index < -0.39 is 22.0 Å². The molecular formula is C18H14N4O4S. The molecule has 0 unspecified atom stereocenters. The van der Waals surface area contributed by atoms with Gasteiger partial charge < -0.3 is 0 Å². The molecular weight excluding hydrogens is 368 g/mol. The lowest BCUT2D eigenvalue weighted by molar-refractivity contribution is -0.114. The number of carbonyl (C=O) groups excluding carboxylic acids is 2. The van der Waals surface area contributed by atoms with Gasteiger partial charge in [-0.3, -0.25) is 14.0 Å². The highest BCUT2D eigenvalue weighted by Gasteiger charge is 2.45. The SMILES string of the molecule is CS(=O)(=O)N1C=C2C(=O)N(c3ccc(C#N)c4ccccc34)C(=O)N2CC1. The zero-order chi connectivity index (χ0) is 19.3. The van der Waals surface area contributed by atoms with Crippen molar-refractivity contribution >= 4 is 38.4 Å². The number of urea groups is 1. The average Bonchev–Trinajstić information content (AvgIpc) is 2.90. The molecule has 0 saturated carbocycles. The zero-order valence-corrected chi connectivity index (χ0v) is 15.1. The van der Waals surface area contributed by atoms with Crippen LogP contribution in [0.2, 0.25) is 0 Å². The summed E-state index contributed by atoms with van der Waals surface area (Å²) in [6, 6.07) is 11.7. The summed E-state index contributed by atoms with van der Waals surface area (Å²) >= 11 is 0. The fourth-order valence-corrected chi connectivity index (χ4v) is 4.04. The molecule has 0 N–H and O–H groups in total. The largest absolute Gasteiger partial charge is 0.336 e. The Morgan fingerprint density at radius 3 is 2.41 bits per heavy atom. The van der Waals surface area contributed by atoms with Crippen LogP contribution in [0.5, 0.6) is 0 Å². The molecule has 2 aromatic carbocycles. The second kappa shape index (κ2) is 5.82. The van der Waals surface area contributed by atoms with Gasteiger partial charge in [-0.15, -0.1) is 0 Å². The van der Waals surface area contributed by atoms with E-state index >= 15 is 0 Å². The van der Waals surface area contributed by atoms with Gasteiger partial charge in [-0.1, -0.05) is 24.3 Å². The van der Waals surface area contributed by atoms with Gasteiger partial charge in [-0.05, 0) is 12.1 Å². The maximum atomic E-state index is 12.9. The molecule has 4 rings (SSSR count). The molecule has 27 heavy (non-hydrogen) atoms. The molecule has 2 aromatic rings. The van der Waals surface area contributed by atoms with Crippen molar-refractivity contribution in [3.8, 4) is 6.07 Å². The van der Waals surface area contributed by atoms with E-state index in [1.807, 2.05) is 0 Å². The van der Waals surface area contributed by atoms with Crippen LogP contribution in [-0.4, -0.2) is 48.9 Å². The van der Waals surface area contributed by atoms with Gasteiger partial charge in [0.15, 0.2) is 0 Å². The second-order valence-corrected chi connectivity index (χ2v) is 8.19. The van der Waals surface area contributed by atoms with Crippen molar-refractivity contribution in [3.05, 3.63) is 53.9 Å². The fourth-order valence-electron chi connectivity index (χ4n) is 3.33. The van der Waals surface area contributed by atoms with E-state index in [0.29, 0.717) is 22.0 Å². The number of carbonyl (C=O) groups is 2. The molecule has 0 spiro atoms. The highest BCUT2D eigenvalue weighted by molar-refractivity contribution is 7.88. The lowest BCUT2D eigenvalue weighted by atomic mass is 10.0. The monoisotopic (exact) mass is 382 g/mol. The quantitative estimate of drug-likeness (QED) is 0.734. The first-order valence-electron chi connectivity index (χ1n) is 8.09. The summed E-state index contributed by atoms with van der Waals surface area (Å²) in [6.45, 7) is 0.178. The molecule has 0 radical (unpaired) electrons. The van der Waals surface area contributed by atoms with Gasteiger partial charge >= 0.3 is 6.03 Å². The average molecular weight is 382 g/mol. The van der Waals surface area contributed by atoms with Crippen molar-refractivity contribution in [1.82, 2.24) is 9.21 Å². The summed E-state index contributed by atoms with van der Waals surface area (Å²) < 4.78 is 24.6. The van der Waals surface area contributed by atoms with Gasteiger partial charge in [-0.25, -0.2) is 18.1 Å². The van der Waals surface area contributed by atoms with Gasteiger partial charge in [0.2, 0.25) is 10.0 Å². The Labute approximate surface area is 155 Å². The van der Waals surface area contributed by atoms with E-state index in [1.165, 1.54) is 11.1 Å². The molecule has 0 aliphatic carbocycles. The lowest BCUT2D eigenvalue weighted by Crippen LogP contribution is -2.41. The fraction of sp³-hybridized carbons (Fsp3) is 0.167. The summed E-state index contributed by atoms with van der Waals surface area (Å²) in [5.74, 6) is -0.594. The number of hydrogen-bond donors (Lipinski definition) is 0. The number of hydrogen-bond acceptors (Lipinski definition) is 5. The van der Waals surface area contributed by atoms with E-state index in [4.69, 9.17) is 0 Å². The Hall–Kier alpha value is -3.38. The molecule has 9 heteroatoms. The van der Waals surface area contributed by atoms with Crippen LogP contribution in [0.1, 0.15) is 5.56 Å². The van der Waals surface area contributed by atoms with Crippen LogP contribution in [-0.2, 0) is 14.8 Å². The maximum Gasteiger partial charge on any atom is 0.336 e. The molecule has 2 aliphatic heterocycles. The summed E-state index contributed by atoms with van der Waals surface area (Å²) in [6.07, 6.45) is 2.25. The Bertz CT molecular complexity index is 1180. The molecule has 136 valence electrons. The maximum absolute atomic E-state index is 12.9. The second-order valence-electron chi connectivity index (χ2n) is 6.25. The number of imide groups is 1. The Kier molecular flexibility index (Phi) is 3.68. The van der Waals surface area contributed by atoms with Crippen molar-refractivity contribution < 1.29 is 18.0 Å². The minimum absolute atomic E-state index is 0.0186. The van der Waals surface area contributed by atoms with E-state index in [2.05, 4.69) is 6.07 Å². The Morgan fingerprint density at radius 2 is 1.74 bits per heavy atom. The zero-order valence-electron chi connectivity index (χ0n) is 14.3. The minimum atomic E-state index is -3.52. The third-order valence-corrected chi connectivity index (χ3v) is 5.77. The predicted molar refractivity (Wildman–Crippen MR) is 97.9 cm³/mol. The van der Waals surface area contributed by atoms with Crippen LogP contribution in [0, 0.1) is 11.3 Å². The van der Waals surface area contributed by atoms with Crippen molar-refractivity contribution in [3.63, 3.8) is 0 Å². The number of fused-ring (bicyclic) bond motifs is 2. The van der Waals surface area contributed by atoms with E-state index in [9.17, 15) is 23.3 Å². The van der Waals surface area contributed by atoms with Crippen molar-refractivity contribution in [1.29, 1.82) is 5.26 Å². The number of anilines is 1. The molecule has 0 aromatic heterocycles.